The predicted molar refractivity (Wildman–Crippen MR) is 103 cm³/mol. The number of rotatable bonds is 5. The van der Waals surface area contributed by atoms with E-state index >= 15 is 0 Å². The van der Waals surface area contributed by atoms with Crippen LogP contribution in [0.5, 0.6) is 0 Å². The molecule has 0 aliphatic heterocycles. The second-order valence-electron chi connectivity index (χ2n) is 6.27. The van der Waals surface area contributed by atoms with Crippen LogP contribution in [-0.2, 0) is 6.61 Å². The first-order chi connectivity index (χ1) is 12.7. The average Bonchev–Trinajstić information content (AvgIpc) is 3.12. The number of hydrogen-bond donors (Lipinski definition) is 2. The molecule has 0 amide bonds. The maximum absolute atomic E-state index is 9.39. The molecule has 0 saturated carbocycles. The van der Waals surface area contributed by atoms with Crippen LogP contribution in [0.25, 0.3) is 16.8 Å². The minimum absolute atomic E-state index is 0.00470. The zero-order chi connectivity index (χ0) is 17.9. The first kappa shape index (κ1) is 16.3. The fourth-order valence-electron chi connectivity index (χ4n) is 3.03. The molecular weight excluding hydrogens is 324 g/mol. The van der Waals surface area contributed by atoms with Crippen LogP contribution in [0.4, 0.5) is 5.82 Å². The van der Waals surface area contributed by atoms with Gasteiger partial charge in [-0.05, 0) is 42.3 Å². The lowest BCUT2D eigenvalue weighted by Gasteiger charge is -2.15. The summed E-state index contributed by atoms with van der Waals surface area (Å²) in [6, 6.07) is 20.2. The largest absolute Gasteiger partial charge is 0.392 e. The normalized spacial score (nSPS) is 12.2. The predicted octanol–water partition coefficient (Wildman–Crippen LogP) is 4.06. The Morgan fingerprint density at radius 3 is 2.73 bits per heavy atom. The number of nitrogens with one attached hydrogen (secondary N) is 1. The van der Waals surface area contributed by atoms with E-state index in [2.05, 4.69) is 29.5 Å². The molecule has 4 aromatic rings. The van der Waals surface area contributed by atoms with Gasteiger partial charge in [-0.15, -0.1) is 0 Å². The molecule has 0 spiro atoms. The fourth-order valence-corrected chi connectivity index (χ4v) is 3.03. The van der Waals surface area contributed by atoms with Gasteiger partial charge in [0.25, 0.3) is 0 Å². The topological polar surface area (TPSA) is 62.5 Å². The van der Waals surface area contributed by atoms with Crippen LogP contribution in [-0.4, -0.2) is 19.7 Å². The smallest absolute Gasteiger partial charge is 0.127 e. The van der Waals surface area contributed by atoms with Crippen LogP contribution in [0, 0.1) is 0 Å². The fraction of sp³-hybridized carbons (Fsp3) is 0.143. The first-order valence-corrected chi connectivity index (χ1v) is 8.60. The highest BCUT2D eigenvalue weighted by Crippen LogP contribution is 2.26. The van der Waals surface area contributed by atoms with Gasteiger partial charge in [0.1, 0.15) is 5.82 Å². The van der Waals surface area contributed by atoms with Crippen LogP contribution in [0.1, 0.15) is 24.1 Å². The summed E-state index contributed by atoms with van der Waals surface area (Å²) < 4.78 is 1.79. The minimum atomic E-state index is 0.00470. The maximum atomic E-state index is 9.39. The van der Waals surface area contributed by atoms with Crippen molar-refractivity contribution in [3.05, 3.63) is 84.2 Å². The van der Waals surface area contributed by atoms with E-state index in [4.69, 9.17) is 4.98 Å². The summed E-state index contributed by atoms with van der Waals surface area (Å²) in [4.78, 5) is 4.76. The number of benzene rings is 1. The highest BCUT2D eigenvalue weighted by Gasteiger charge is 2.11. The van der Waals surface area contributed by atoms with Crippen LogP contribution < -0.4 is 5.32 Å². The molecule has 0 bridgehead atoms. The molecule has 1 aromatic carbocycles. The number of hydrogen-bond acceptors (Lipinski definition) is 4. The van der Waals surface area contributed by atoms with Crippen molar-refractivity contribution in [3.63, 3.8) is 0 Å². The van der Waals surface area contributed by atoms with Crippen LogP contribution >= 0.6 is 0 Å². The summed E-state index contributed by atoms with van der Waals surface area (Å²) in [5.41, 5.74) is 4.78. The Kier molecular flexibility index (Phi) is 4.37. The molecule has 2 N–H and O–H groups in total. The van der Waals surface area contributed by atoms with E-state index in [0.717, 1.165) is 28.2 Å². The number of nitrogens with zero attached hydrogens (tertiary/aromatic N) is 3. The number of pyridine rings is 2. The third-order valence-electron chi connectivity index (χ3n) is 4.46. The first-order valence-electron chi connectivity index (χ1n) is 8.60. The molecule has 4 rings (SSSR count). The Labute approximate surface area is 152 Å². The molecule has 130 valence electrons. The lowest BCUT2D eigenvalue weighted by molar-refractivity contribution is 0.282. The monoisotopic (exact) mass is 344 g/mol. The number of aliphatic hydroxyl groups is 1. The highest BCUT2D eigenvalue weighted by molar-refractivity contribution is 5.78. The van der Waals surface area contributed by atoms with Crippen molar-refractivity contribution in [2.24, 2.45) is 0 Å². The van der Waals surface area contributed by atoms with Gasteiger partial charge in [-0.1, -0.05) is 36.4 Å². The third-order valence-corrected chi connectivity index (χ3v) is 4.46. The molecule has 0 saturated heterocycles. The number of fused-ring (bicyclic) bond motifs is 1. The molecule has 3 aromatic heterocycles. The van der Waals surface area contributed by atoms with Gasteiger partial charge in [0, 0.05) is 17.8 Å². The average molecular weight is 344 g/mol. The molecule has 0 aliphatic carbocycles. The van der Waals surface area contributed by atoms with Crippen molar-refractivity contribution in [1.82, 2.24) is 14.6 Å². The second kappa shape index (κ2) is 6.98. The Hall–Kier alpha value is -3.18. The van der Waals surface area contributed by atoms with Gasteiger partial charge < -0.3 is 10.4 Å². The zero-order valence-electron chi connectivity index (χ0n) is 14.5. The molecular formula is C21H20N4O. The molecule has 0 aliphatic rings. The van der Waals surface area contributed by atoms with Gasteiger partial charge in [0.05, 0.1) is 24.0 Å². The van der Waals surface area contributed by atoms with Gasteiger partial charge in [-0.25, -0.2) is 9.50 Å². The van der Waals surface area contributed by atoms with E-state index in [-0.39, 0.29) is 12.6 Å². The van der Waals surface area contributed by atoms with Gasteiger partial charge in [0.15, 0.2) is 0 Å². The standard InChI is InChI=1S/C21H20N4O/c1-15(17-6-3-2-4-7-17)23-21-9-5-8-19(24-21)18-13-22-25-11-10-16(14-26)12-20(18)25/h2-13,15,26H,14H2,1H3,(H,23,24)/t15-/m0/s1. The maximum Gasteiger partial charge on any atom is 0.127 e. The van der Waals surface area contributed by atoms with Crippen molar-refractivity contribution < 1.29 is 5.11 Å². The van der Waals surface area contributed by atoms with E-state index in [9.17, 15) is 5.11 Å². The second-order valence-corrected chi connectivity index (χ2v) is 6.27. The van der Waals surface area contributed by atoms with Crippen molar-refractivity contribution in [2.45, 2.75) is 19.6 Å². The van der Waals surface area contributed by atoms with E-state index in [1.54, 1.807) is 4.52 Å². The quantitative estimate of drug-likeness (QED) is 0.573. The molecule has 0 unspecified atom stereocenters. The lowest BCUT2D eigenvalue weighted by atomic mass is 10.1. The Morgan fingerprint density at radius 2 is 1.92 bits per heavy atom. The Morgan fingerprint density at radius 1 is 1.08 bits per heavy atom. The van der Waals surface area contributed by atoms with Crippen molar-refractivity contribution in [1.29, 1.82) is 0 Å². The Balaban J connectivity index is 1.66. The molecule has 1 atom stereocenters. The van der Waals surface area contributed by atoms with Crippen LogP contribution in [0.15, 0.2) is 73.1 Å². The van der Waals surface area contributed by atoms with Gasteiger partial charge in [0.2, 0.25) is 0 Å². The van der Waals surface area contributed by atoms with Crippen LogP contribution in [0.2, 0.25) is 0 Å². The van der Waals surface area contributed by atoms with E-state index in [0.29, 0.717) is 0 Å². The Bertz CT molecular complexity index is 1030. The minimum Gasteiger partial charge on any atom is -0.392 e. The van der Waals surface area contributed by atoms with Crippen molar-refractivity contribution in [3.8, 4) is 11.3 Å². The van der Waals surface area contributed by atoms with Crippen LogP contribution in [0.3, 0.4) is 0 Å². The van der Waals surface area contributed by atoms with Gasteiger partial charge in [-0.3, -0.25) is 0 Å². The summed E-state index contributed by atoms with van der Waals surface area (Å²) in [6.45, 7) is 2.12. The van der Waals surface area contributed by atoms with Crippen molar-refractivity contribution in [2.75, 3.05) is 5.32 Å². The molecule has 3 heterocycles. The molecule has 0 fully saturated rings. The van der Waals surface area contributed by atoms with E-state index < -0.39 is 0 Å². The zero-order valence-corrected chi connectivity index (χ0v) is 14.5. The molecule has 5 heteroatoms. The van der Waals surface area contributed by atoms with Crippen molar-refractivity contribution >= 4 is 11.3 Å². The molecule has 26 heavy (non-hydrogen) atoms. The summed E-state index contributed by atoms with van der Waals surface area (Å²) in [5.74, 6) is 0.816. The molecule has 0 radical (unpaired) electrons. The SMILES string of the molecule is C[C@H](Nc1cccc(-c2cnn3ccc(CO)cc23)n1)c1ccccc1. The summed E-state index contributed by atoms with van der Waals surface area (Å²) in [6.07, 6.45) is 3.66. The summed E-state index contributed by atoms with van der Waals surface area (Å²) >= 11 is 0. The third kappa shape index (κ3) is 3.17. The summed E-state index contributed by atoms with van der Waals surface area (Å²) in [5, 5.41) is 17.2. The summed E-state index contributed by atoms with van der Waals surface area (Å²) in [7, 11) is 0. The highest BCUT2D eigenvalue weighted by atomic mass is 16.3. The molecule has 5 nitrogen and oxygen atoms in total. The lowest BCUT2D eigenvalue weighted by Crippen LogP contribution is -2.07. The van der Waals surface area contributed by atoms with Gasteiger partial charge in [-0.2, -0.15) is 5.10 Å². The van der Waals surface area contributed by atoms with Gasteiger partial charge >= 0.3 is 0 Å². The number of aromatic nitrogens is 3. The number of anilines is 1. The number of aliphatic hydroxyl groups excluding tert-OH is 1. The van der Waals surface area contributed by atoms with E-state index in [1.807, 2.05) is 60.9 Å². The van der Waals surface area contributed by atoms with E-state index in [1.165, 1.54) is 5.56 Å².